The molecule has 7 heteroatoms. The first-order valence-electron chi connectivity index (χ1n) is 9.95. The smallest absolute Gasteiger partial charge is 0.331 e. The number of methoxy groups -OCH3 is 2. The molecule has 0 aromatic heterocycles. The summed E-state index contributed by atoms with van der Waals surface area (Å²) in [6.07, 6.45) is 5.92. The average molecular weight is 449 g/mol. The second-order valence-corrected chi connectivity index (χ2v) is 9.91. The van der Waals surface area contributed by atoms with Gasteiger partial charge in [0.1, 0.15) is 0 Å². The molecule has 1 unspecified atom stereocenters. The van der Waals surface area contributed by atoms with Crippen LogP contribution in [0.4, 0.5) is 0 Å². The standard InChI is InChI=1S/C24H32O6S/c1-18(2)16-24(23(26)30-6,31(27,28)21-13-8-7-9-14-21)17-20(4)12-10-11-19(3)15-22(25)29-5/h7-9,12-16H,10-11,17H2,1-6H3/b19-15+,20-12+. The highest BCUT2D eigenvalue weighted by Gasteiger charge is 2.50. The lowest BCUT2D eigenvalue weighted by Gasteiger charge is -2.29. The first-order valence-corrected chi connectivity index (χ1v) is 11.4. The van der Waals surface area contributed by atoms with Crippen LogP contribution in [0.3, 0.4) is 0 Å². The third-order valence-corrected chi connectivity index (χ3v) is 7.00. The summed E-state index contributed by atoms with van der Waals surface area (Å²) in [5.41, 5.74) is 2.26. The number of allylic oxidation sites excluding steroid dienone is 4. The fourth-order valence-corrected chi connectivity index (χ4v) is 5.33. The van der Waals surface area contributed by atoms with E-state index in [1.807, 2.05) is 13.0 Å². The Morgan fingerprint density at radius 3 is 2.10 bits per heavy atom. The monoisotopic (exact) mass is 448 g/mol. The molecule has 0 N–H and O–H groups in total. The SMILES string of the molecule is COC(=O)/C=C(\C)CC/C=C(\C)CC(C=C(C)C)(C(=O)OC)S(=O)(=O)c1ccccc1. The van der Waals surface area contributed by atoms with Crippen LogP contribution in [0.1, 0.15) is 47.0 Å². The van der Waals surface area contributed by atoms with E-state index in [9.17, 15) is 18.0 Å². The Balaban J connectivity index is 3.36. The summed E-state index contributed by atoms with van der Waals surface area (Å²) in [6, 6.07) is 7.92. The van der Waals surface area contributed by atoms with Crippen LogP contribution < -0.4 is 0 Å². The van der Waals surface area contributed by atoms with E-state index in [1.165, 1.54) is 38.5 Å². The van der Waals surface area contributed by atoms with Gasteiger partial charge < -0.3 is 9.47 Å². The Hall–Kier alpha value is -2.67. The zero-order valence-corrected chi connectivity index (χ0v) is 19.9. The number of carbonyl (C=O) groups is 2. The molecule has 0 bridgehead atoms. The molecule has 1 rings (SSSR count). The van der Waals surface area contributed by atoms with Crippen molar-refractivity contribution in [3.05, 3.63) is 65.3 Å². The molecule has 1 aromatic rings. The van der Waals surface area contributed by atoms with Gasteiger partial charge in [-0.1, -0.05) is 47.1 Å². The topological polar surface area (TPSA) is 86.7 Å². The first kappa shape index (κ1) is 26.4. The van der Waals surface area contributed by atoms with Gasteiger partial charge in [-0.25, -0.2) is 18.0 Å². The average Bonchev–Trinajstić information content (AvgIpc) is 2.72. The maximum absolute atomic E-state index is 13.6. The molecule has 170 valence electrons. The van der Waals surface area contributed by atoms with Crippen LogP contribution in [-0.2, 0) is 28.9 Å². The van der Waals surface area contributed by atoms with Crippen molar-refractivity contribution in [1.29, 1.82) is 0 Å². The van der Waals surface area contributed by atoms with Crippen molar-refractivity contribution in [2.75, 3.05) is 14.2 Å². The van der Waals surface area contributed by atoms with Gasteiger partial charge in [-0.2, -0.15) is 0 Å². The molecular formula is C24H32O6S. The quantitative estimate of drug-likeness (QED) is 0.296. The van der Waals surface area contributed by atoms with E-state index >= 15 is 0 Å². The molecular weight excluding hydrogens is 416 g/mol. The van der Waals surface area contributed by atoms with Gasteiger partial charge in [0.15, 0.2) is 14.6 Å². The van der Waals surface area contributed by atoms with Crippen LogP contribution in [0.5, 0.6) is 0 Å². The summed E-state index contributed by atoms with van der Waals surface area (Å²) in [5.74, 6) is -1.24. The van der Waals surface area contributed by atoms with E-state index in [0.29, 0.717) is 18.4 Å². The number of benzene rings is 1. The van der Waals surface area contributed by atoms with E-state index < -0.39 is 26.5 Å². The van der Waals surface area contributed by atoms with Gasteiger partial charge in [0.2, 0.25) is 0 Å². The van der Waals surface area contributed by atoms with E-state index in [2.05, 4.69) is 4.74 Å². The third kappa shape index (κ3) is 6.92. The van der Waals surface area contributed by atoms with Gasteiger partial charge in [0.25, 0.3) is 0 Å². The van der Waals surface area contributed by atoms with E-state index in [0.717, 1.165) is 11.1 Å². The molecule has 0 aliphatic carbocycles. The van der Waals surface area contributed by atoms with Crippen LogP contribution >= 0.6 is 0 Å². The zero-order chi connectivity index (χ0) is 23.7. The van der Waals surface area contributed by atoms with Crippen LogP contribution in [0.15, 0.2) is 70.2 Å². The summed E-state index contributed by atoms with van der Waals surface area (Å²) in [5, 5.41) is 0. The number of rotatable bonds is 10. The van der Waals surface area contributed by atoms with Gasteiger partial charge in [-0.05, 0) is 52.7 Å². The van der Waals surface area contributed by atoms with Crippen LogP contribution in [-0.4, -0.2) is 39.3 Å². The van der Waals surface area contributed by atoms with E-state index in [4.69, 9.17) is 4.74 Å². The lowest BCUT2D eigenvalue weighted by Crippen LogP contribution is -2.46. The fraction of sp³-hybridized carbons (Fsp3) is 0.417. The molecule has 0 aliphatic rings. The molecule has 0 aliphatic heterocycles. The Kier molecular flexibility index (Phi) is 9.91. The van der Waals surface area contributed by atoms with Crippen LogP contribution in [0.25, 0.3) is 0 Å². The molecule has 31 heavy (non-hydrogen) atoms. The molecule has 1 atom stereocenters. The molecule has 0 heterocycles. The Labute approximate surface area is 185 Å². The van der Waals surface area contributed by atoms with E-state index in [1.54, 1.807) is 39.0 Å². The number of ether oxygens (including phenoxy) is 2. The molecule has 0 saturated carbocycles. The van der Waals surface area contributed by atoms with Crippen molar-refractivity contribution >= 4 is 21.8 Å². The Morgan fingerprint density at radius 2 is 1.58 bits per heavy atom. The lowest BCUT2D eigenvalue weighted by atomic mass is 9.95. The Morgan fingerprint density at radius 1 is 0.968 bits per heavy atom. The molecule has 0 saturated heterocycles. The van der Waals surface area contributed by atoms with Gasteiger partial charge in [0.05, 0.1) is 19.1 Å². The third-order valence-electron chi connectivity index (χ3n) is 4.72. The number of hydrogen-bond acceptors (Lipinski definition) is 6. The summed E-state index contributed by atoms with van der Waals surface area (Å²) < 4.78 is 35.0. The predicted octanol–water partition coefficient (Wildman–Crippen LogP) is 4.57. The summed E-state index contributed by atoms with van der Waals surface area (Å²) in [7, 11) is -1.58. The molecule has 6 nitrogen and oxygen atoms in total. The first-order chi connectivity index (χ1) is 14.5. The van der Waals surface area contributed by atoms with Crippen molar-refractivity contribution in [3.8, 4) is 0 Å². The second kappa shape index (κ2) is 11.6. The summed E-state index contributed by atoms with van der Waals surface area (Å²) in [4.78, 5) is 24.3. The minimum absolute atomic E-state index is 0.0398. The maximum atomic E-state index is 13.6. The molecule has 0 fully saturated rings. The van der Waals surface area contributed by atoms with Gasteiger partial charge in [0, 0.05) is 12.5 Å². The van der Waals surface area contributed by atoms with Crippen molar-refractivity contribution in [3.63, 3.8) is 0 Å². The van der Waals surface area contributed by atoms with Gasteiger partial charge in [-0.15, -0.1) is 0 Å². The fourth-order valence-electron chi connectivity index (χ4n) is 3.28. The number of sulfone groups is 1. The van der Waals surface area contributed by atoms with E-state index in [-0.39, 0.29) is 11.3 Å². The van der Waals surface area contributed by atoms with Crippen LogP contribution in [0, 0.1) is 0 Å². The normalized spacial score (nSPS) is 14.4. The summed E-state index contributed by atoms with van der Waals surface area (Å²) >= 11 is 0. The van der Waals surface area contributed by atoms with Crippen LogP contribution in [0.2, 0.25) is 0 Å². The Bertz CT molecular complexity index is 967. The second-order valence-electron chi connectivity index (χ2n) is 7.70. The highest BCUT2D eigenvalue weighted by Crippen LogP contribution is 2.35. The van der Waals surface area contributed by atoms with Gasteiger partial charge >= 0.3 is 11.9 Å². The molecule has 0 radical (unpaired) electrons. The van der Waals surface area contributed by atoms with Gasteiger partial charge in [-0.3, -0.25) is 0 Å². The minimum Gasteiger partial charge on any atom is -0.468 e. The number of esters is 2. The zero-order valence-electron chi connectivity index (χ0n) is 19.1. The van der Waals surface area contributed by atoms with Crippen molar-refractivity contribution in [2.45, 2.75) is 56.6 Å². The highest BCUT2D eigenvalue weighted by atomic mass is 32.2. The summed E-state index contributed by atoms with van der Waals surface area (Å²) in [6.45, 7) is 7.11. The number of hydrogen-bond donors (Lipinski definition) is 0. The van der Waals surface area contributed by atoms with Crippen molar-refractivity contribution < 1.29 is 27.5 Å². The lowest BCUT2D eigenvalue weighted by molar-refractivity contribution is -0.142. The molecule has 1 aromatic carbocycles. The maximum Gasteiger partial charge on any atom is 0.331 e. The molecule has 0 spiro atoms. The molecule has 0 amide bonds. The minimum atomic E-state index is -4.09. The highest BCUT2D eigenvalue weighted by molar-refractivity contribution is 7.93. The largest absolute Gasteiger partial charge is 0.468 e. The van der Waals surface area contributed by atoms with Crippen molar-refractivity contribution in [1.82, 2.24) is 0 Å². The van der Waals surface area contributed by atoms with Crippen molar-refractivity contribution in [2.24, 2.45) is 0 Å². The number of carbonyl (C=O) groups excluding carboxylic acids is 2. The predicted molar refractivity (Wildman–Crippen MR) is 121 cm³/mol.